The fourth-order valence-corrected chi connectivity index (χ4v) is 3.55. The maximum atomic E-state index is 12.4. The number of hydrogen-bond acceptors (Lipinski definition) is 6. The second kappa shape index (κ2) is 10.0. The number of esters is 1. The van der Waals surface area contributed by atoms with E-state index in [1.165, 1.54) is 30.9 Å². The lowest BCUT2D eigenvalue weighted by Gasteiger charge is -2.16. The summed E-state index contributed by atoms with van der Waals surface area (Å²) in [7, 11) is -3.09. The van der Waals surface area contributed by atoms with Gasteiger partial charge in [0.1, 0.15) is 12.3 Å². The number of rotatable bonds is 8. The molecule has 12 heteroatoms. The third kappa shape index (κ3) is 6.95. The van der Waals surface area contributed by atoms with Gasteiger partial charge < -0.3 is 14.8 Å². The summed E-state index contributed by atoms with van der Waals surface area (Å²) in [6, 6.07) is 9.35. The molecular formula is C20H21F3N2O6S. The summed E-state index contributed by atoms with van der Waals surface area (Å²) in [6.07, 6.45) is -6.01. The molecule has 0 radical (unpaired) electrons. The topological polar surface area (TPSA) is 111 Å². The second-order valence-corrected chi connectivity index (χ2v) is 8.48. The van der Waals surface area contributed by atoms with Crippen molar-refractivity contribution in [2.45, 2.75) is 31.0 Å². The van der Waals surface area contributed by atoms with E-state index in [2.05, 4.69) is 5.32 Å². The monoisotopic (exact) mass is 474 g/mol. The Morgan fingerprint density at radius 1 is 1.12 bits per heavy atom. The van der Waals surface area contributed by atoms with Crippen LogP contribution in [0.1, 0.15) is 22.8 Å². The normalized spacial score (nSPS) is 12.7. The van der Waals surface area contributed by atoms with Crippen LogP contribution in [0.3, 0.4) is 0 Å². The molecule has 0 saturated heterocycles. The lowest BCUT2D eigenvalue weighted by atomic mass is 10.2. The number of carbonyl (C=O) groups is 2. The highest BCUT2D eigenvalue weighted by Crippen LogP contribution is 2.25. The number of nitrogens with one attached hydrogen (secondary N) is 2. The number of benzene rings is 2. The third-order valence-corrected chi connectivity index (χ3v) is 5.51. The number of hydrogen-bond donors (Lipinski definition) is 2. The summed E-state index contributed by atoms with van der Waals surface area (Å²) in [4.78, 5) is 24.2. The van der Waals surface area contributed by atoms with Crippen LogP contribution in [0.15, 0.2) is 47.4 Å². The quantitative estimate of drug-likeness (QED) is 0.569. The molecule has 0 saturated carbocycles. The Hall–Kier alpha value is -3.12. The van der Waals surface area contributed by atoms with Crippen molar-refractivity contribution in [1.82, 2.24) is 4.72 Å². The van der Waals surface area contributed by atoms with Crippen LogP contribution in [0.4, 0.5) is 18.9 Å². The standard InChI is InChI=1S/C20H21F3N2O6S/c1-12-7-8-17(30-3)16(9-12)25-18(26)13(2)31-19(27)14-5-4-6-15(10-14)32(28,29)24-11-20(21,22)23/h4-10,13,24H,11H2,1-3H3,(H,25,26)/t13-/m1/s1. The first-order valence-corrected chi connectivity index (χ1v) is 10.6. The van der Waals surface area contributed by atoms with Crippen LogP contribution in [0.25, 0.3) is 0 Å². The molecule has 2 aromatic carbocycles. The minimum Gasteiger partial charge on any atom is -0.495 e. The molecule has 32 heavy (non-hydrogen) atoms. The number of aryl methyl sites for hydroxylation is 1. The molecule has 2 N–H and O–H groups in total. The van der Waals surface area contributed by atoms with Crippen molar-refractivity contribution in [2.24, 2.45) is 0 Å². The molecule has 0 fully saturated rings. The van der Waals surface area contributed by atoms with E-state index in [-0.39, 0.29) is 5.56 Å². The summed E-state index contributed by atoms with van der Waals surface area (Å²) in [5.41, 5.74) is 0.958. The van der Waals surface area contributed by atoms with Gasteiger partial charge in [0, 0.05) is 0 Å². The molecule has 174 valence electrons. The number of halogens is 3. The maximum absolute atomic E-state index is 12.4. The number of ether oxygens (including phenoxy) is 2. The van der Waals surface area contributed by atoms with Gasteiger partial charge in [-0.05, 0) is 49.7 Å². The van der Waals surface area contributed by atoms with Gasteiger partial charge in [-0.25, -0.2) is 17.9 Å². The van der Waals surface area contributed by atoms with Crippen LogP contribution in [0.5, 0.6) is 5.75 Å². The van der Waals surface area contributed by atoms with Crippen LogP contribution in [0, 0.1) is 6.92 Å². The van der Waals surface area contributed by atoms with Crippen LogP contribution < -0.4 is 14.8 Å². The minimum absolute atomic E-state index is 0.257. The molecule has 1 atom stereocenters. The minimum atomic E-state index is -4.74. The third-order valence-electron chi connectivity index (χ3n) is 4.11. The van der Waals surface area contributed by atoms with Crippen molar-refractivity contribution in [3.63, 3.8) is 0 Å². The average Bonchev–Trinajstić information content (AvgIpc) is 2.72. The van der Waals surface area contributed by atoms with Gasteiger partial charge in [-0.15, -0.1) is 0 Å². The highest BCUT2D eigenvalue weighted by molar-refractivity contribution is 7.89. The Morgan fingerprint density at radius 3 is 2.44 bits per heavy atom. The number of carbonyl (C=O) groups excluding carboxylic acids is 2. The van der Waals surface area contributed by atoms with Crippen LogP contribution in [-0.4, -0.2) is 46.2 Å². The number of alkyl halides is 3. The largest absolute Gasteiger partial charge is 0.495 e. The van der Waals surface area contributed by atoms with Crippen molar-refractivity contribution in [1.29, 1.82) is 0 Å². The SMILES string of the molecule is COc1ccc(C)cc1NC(=O)[C@@H](C)OC(=O)c1cccc(S(=O)(=O)NCC(F)(F)F)c1. The highest BCUT2D eigenvalue weighted by Gasteiger charge is 2.30. The fourth-order valence-electron chi connectivity index (χ4n) is 2.49. The van der Waals surface area contributed by atoms with E-state index < -0.39 is 45.6 Å². The first-order chi connectivity index (χ1) is 14.8. The molecule has 0 aliphatic heterocycles. The zero-order chi connectivity index (χ0) is 24.1. The summed E-state index contributed by atoms with van der Waals surface area (Å²) in [5, 5.41) is 2.57. The predicted molar refractivity (Wildman–Crippen MR) is 109 cm³/mol. The van der Waals surface area contributed by atoms with E-state index in [4.69, 9.17) is 9.47 Å². The molecule has 0 aliphatic carbocycles. The summed E-state index contributed by atoms with van der Waals surface area (Å²) in [5.74, 6) is -1.30. The van der Waals surface area contributed by atoms with E-state index in [1.54, 1.807) is 18.2 Å². The smallest absolute Gasteiger partial charge is 0.402 e. The van der Waals surface area contributed by atoms with Crippen molar-refractivity contribution < 1.29 is 40.7 Å². The van der Waals surface area contributed by atoms with Gasteiger partial charge in [-0.1, -0.05) is 12.1 Å². The van der Waals surface area contributed by atoms with E-state index >= 15 is 0 Å². The van der Waals surface area contributed by atoms with Gasteiger partial charge >= 0.3 is 12.1 Å². The predicted octanol–water partition coefficient (Wildman–Crippen LogP) is 3.03. The molecule has 0 heterocycles. The Bertz CT molecular complexity index is 1100. The first-order valence-electron chi connectivity index (χ1n) is 9.15. The summed E-state index contributed by atoms with van der Waals surface area (Å²) in [6.45, 7) is 1.35. The molecule has 0 bridgehead atoms. The van der Waals surface area contributed by atoms with Gasteiger partial charge in [0.25, 0.3) is 5.91 Å². The Balaban J connectivity index is 2.10. The molecule has 2 rings (SSSR count). The Labute approximate surface area is 182 Å². The van der Waals surface area contributed by atoms with Gasteiger partial charge in [0.15, 0.2) is 6.10 Å². The number of sulfonamides is 1. The first kappa shape index (κ1) is 25.1. The Kier molecular flexibility index (Phi) is 7.86. The van der Waals surface area contributed by atoms with E-state index in [9.17, 15) is 31.2 Å². The van der Waals surface area contributed by atoms with Crippen molar-refractivity contribution in [3.8, 4) is 5.75 Å². The van der Waals surface area contributed by atoms with E-state index in [0.717, 1.165) is 17.7 Å². The molecular weight excluding hydrogens is 453 g/mol. The zero-order valence-corrected chi connectivity index (χ0v) is 18.1. The van der Waals surface area contributed by atoms with Gasteiger partial charge in [-0.3, -0.25) is 4.79 Å². The second-order valence-electron chi connectivity index (χ2n) is 6.71. The van der Waals surface area contributed by atoms with E-state index in [0.29, 0.717) is 11.4 Å². The van der Waals surface area contributed by atoms with Gasteiger partial charge in [0.2, 0.25) is 10.0 Å². The van der Waals surface area contributed by atoms with Crippen molar-refractivity contribution in [3.05, 3.63) is 53.6 Å². The van der Waals surface area contributed by atoms with Crippen LogP contribution in [0.2, 0.25) is 0 Å². The lowest BCUT2D eigenvalue weighted by molar-refractivity contribution is -0.124. The van der Waals surface area contributed by atoms with Crippen molar-refractivity contribution in [2.75, 3.05) is 19.0 Å². The number of anilines is 1. The maximum Gasteiger partial charge on any atom is 0.402 e. The van der Waals surface area contributed by atoms with Crippen LogP contribution >= 0.6 is 0 Å². The molecule has 0 spiro atoms. The molecule has 8 nitrogen and oxygen atoms in total. The van der Waals surface area contributed by atoms with Crippen LogP contribution in [-0.2, 0) is 19.6 Å². The average molecular weight is 474 g/mol. The van der Waals surface area contributed by atoms with Gasteiger partial charge in [0.05, 0.1) is 23.3 Å². The Morgan fingerprint density at radius 2 is 1.81 bits per heavy atom. The molecule has 0 unspecified atom stereocenters. The molecule has 0 aliphatic rings. The number of methoxy groups -OCH3 is 1. The summed E-state index contributed by atoms with van der Waals surface area (Å²) < 4.78 is 72.6. The lowest BCUT2D eigenvalue weighted by Crippen LogP contribution is -2.34. The molecule has 2 aromatic rings. The van der Waals surface area contributed by atoms with Gasteiger partial charge in [-0.2, -0.15) is 13.2 Å². The molecule has 0 aromatic heterocycles. The summed E-state index contributed by atoms with van der Waals surface area (Å²) >= 11 is 0. The highest BCUT2D eigenvalue weighted by atomic mass is 32.2. The fraction of sp³-hybridized carbons (Fsp3) is 0.300. The van der Waals surface area contributed by atoms with E-state index in [1.807, 2.05) is 6.92 Å². The number of amides is 1. The van der Waals surface area contributed by atoms with Crippen molar-refractivity contribution >= 4 is 27.6 Å². The zero-order valence-electron chi connectivity index (χ0n) is 17.3. The molecule has 1 amide bonds.